The van der Waals surface area contributed by atoms with Crippen LogP contribution in [0.5, 0.6) is 11.5 Å². The normalized spacial score (nSPS) is 21.2. The Balaban J connectivity index is 1.91. The van der Waals surface area contributed by atoms with Crippen LogP contribution in [-0.2, 0) is 9.78 Å². The molecule has 0 atom stereocenters. The number of hydrogen-bond donors (Lipinski definition) is 0. The summed E-state index contributed by atoms with van der Waals surface area (Å²) in [6.45, 7) is 6.82. The van der Waals surface area contributed by atoms with Crippen molar-refractivity contribution in [3.63, 3.8) is 0 Å². The minimum absolute atomic E-state index is 0.0378. The molecule has 1 aliphatic rings. The topological polar surface area (TPSA) is 54.0 Å². The van der Waals surface area contributed by atoms with Crippen LogP contribution < -0.4 is 9.47 Å². The van der Waals surface area contributed by atoms with Gasteiger partial charge in [0.2, 0.25) is 0 Å². The molecule has 24 heavy (non-hydrogen) atoms. The van der Waals surface area contributed by atoms with E-state index in [1.54, 1.807) is 18.2 Å². The van der Waals surface area contributed by atoms with Crippen LogP contribution in [0.1, 0.15) is 56.8 Å². The lowest BCUT2D eigenvalue weighted by atomic mass is 9.72. The Kier molecular flexibility index (Phi) is 6.10. The number of methoxy groups -OCH3 is 2. The monoisotopic (exact) mass is 336 g/mol. The van der Waals surface area contributed by atoms with Gasteiger partial charge in [0.05, 0.1) is 14.2 Å². The largest absolute Gasteiger partial charge is 0.493 e. The van der Waals surface area contributed by atoms with E-state index >= 15 is 0 Å². The van der Waals surface area contributed by atoms with Gasteiger partial charge in [0.25, 0.3) is 0 Å². The van der Waals surface area contributed by atoms with Gasteiger partial charge in [-0.15, -0.1) is 0 Å². The number of para-hydroxylation sites is 1. The Labute approximate surface area is 144 Å². The third-order valence-electron chi connectivity index (χ3n) is 4.78. The van der Waals surface area contributed by atoms with E-state index in [1.807, 2.05) is 0 Å². The van der Waals surface area contributed by atoms with Crippen LogP contribution in [0.4, 0.5) is 0 Å². The fourth-order valence-electron chi connectivity index (χ4n) is 3.23. The van der Waals surface area contributed by atoms with E-state index in [0.29, 0.717) is 28.4 Å². The van der Waals surface area contributed by atoms with Crippen LogP contribution in [0.25, 0.3) is 0 Å². The molecular weight excluding hydrogens is 308 g/mol. The van der Waals surface area contributed by atoms with Gasteiger partial charge in [-0.05, 0) is 49.1 Å². The summed E-state index contributed by atoms with van der Waals surface area (Å²) in [5, 5.41) is 0. The van der Waals surface area contributed by atoms with Crippen LogP contribution in [0.15, 0.2) is 18.2 Å². The summed E-state index contributed by atoms with van der Waals surface area (Å²) >= 11 is 0. The second kappa shape index (κ2) is 7.88. The summed E-state index contributed by atoms with van der Waals surface area (Å²) < 4.78 is 10.4. The first-order chi connectivity index (χ1) is 11.4. The average molecular weight is 336 g/mol. The van der Waals surface area contributed by atoms with Crippen LogP contribution in [-0.4, -0.2) is 26.3 Å². The van der Waals surface area contributed by atoms with E-state index in [-0.39, 0.29) is 6.10 Å². The molecule has 2 rings (SSSR count). The van der Waals surface area contributed by atoms with Crippen molar-refractivity contribution in [3.8, 4) is 11.5 Å². The quantitative estimate of drug-likeness (QED) is 0.589. The van der Waals surface area contributed by atoms with E-state index in [1.165, 1.54) is 14.2 Å². The van der Waals surface area contributed by atoms with Crippen molar-refractivity contribution in [2.45, 2.75) is 52.6 Å². The van der Waals surface area contributed by atoms with Crippen LogP contribution in [0, 0.1) is 11.3 Å². The van der Waals surface area contributed by atoms with Crippen molar-refractivity contribution in [2.24, 2.45) is 11.3 Å². The molecule has 0 spiro atoms. The molecule has 0 saturated heterocycles. The number of hydrogen-bond acceptors (Lipinski definition) is 5. The zero-order valence-corrected chi connectivity index (χ0v) is 15.3. The molecule has 1 aliphatic carbocycles. The molecule has 0 N–H and O–H groups in total. The van der Waals surface area contributed by atoms with Crippen LogP contribution >= 0.6 is 0 Å². The summed E-state index contributed by atoms with van der Waals surface area (Å²) in [7, 11) is 3.01. The first-order valence-corrected chi connectivity index (χ1v) is 8.45. The molecule has 0 heterocycles. The summed E-state index contributed by atoms with van der Waals surface area (Å²) in [5.74, 6) is 0.956. The summed E-state index contributed by atoms with van der Waals surface area (Å²) in [6.07, 6.45) is 3.96. The minimum Gasteiger partial charge on any atom is -0.493 e. The second-order valence-corrected chi connectivity index (χ2v) is 7.35. The van der Waals surface area contributed by atoms with E-state index in [9.17, 15) is 4.79 Å². The molecule has 1 aromatic carbocycles. The Morgan fingerprint density at radius 3 is 2.25 bits per heavy atom. The molecule has 5 heteroatoms. The van der Waals surface area contributed by atoms with Crippen molar-refractivity contribution in [1.29, 1.82) is 0 Å². The summed E-state index contributed by atoms with van der Waals surface area (Å²) in [4.78, 5) is 22.7. The Morgan fingerprint density at radius 2 is 1.71 bits per heavy atom. The molecule has 0 bridgehead atoms. The fraction of sp³-hybridized carbons (Fsp3) is 0.632. The van der Waals surface area contributed by atoms with Crippen LogP contribution in [0.3, 0.4) is 0 Å². The molecule has 5 nitrogen and oxygen atoms in total. The maximum atomic E-state index is 12.3. The van der Waals surface area contributed by atoms with Gasteiger partial charge in [-0.3, -0.25) is 4.89 Å². The minimum atomic E-state index is -0.566. The standard InChI is InChI=1S/C19H28O5/c1-19(2,3)13-9-11-14(12-10-13)23-24-18(20)15-7-6-8-16(21-4)17(15)22-5/h6-8,13-14H,9-12H2,1-5H3. The van der Waals surface area contributed by atoms with Gasteiger partial charge in [-0.25, -0.2) is 4.79 Å². The van der Waals surface area contributed by atoms with Crippen LogP contribution in [0.2, 0.25) is 0 Å². The molecule has 1 saturated carbocycles. The molecule has 0 amide bonds. The molecule has 1 fully saturated rings. The zero-order chi connectivity index (χ0) is 17.7. The number of carbonyl (C=O) groups excluding carboxylic acids is 1. The van der Waals surface area contributed by atoms with Gasteiger partial charge >= 0.3 is 5.97 Å². The number of rotatable bonds is 5. The van der Waals surface area contributed by atoms with Gasteiger partial charge in [-0.2, -0.15) is 4.89 Å². The van der Waals surface area contributed by atoms with Crippen molar-refractivity contribution in [1.82, 2.24) is 0 Å². The predicted molar refractivity (Wildman–Crippen MR) is 91.2 cm³/mol. The number of carbonyl (C=O) groups is 1. The summed E-state index contributed by atoms with van der Waals surface area (Å²) in [5.41, 5.74) is 0.607. The fourth-order valence-corrected chi connectivity index (χ4v) is 3.23. The molecule has 134 valence electrons. The van der Waals surface area contributed by atoms with Gasteiger partial charge in [0, 0.05) is 0 Å². The van der Waals surface area contributed by atoms with Gasteiger partial charge in [0.15, 0.2) is 11.5 Å². The lowest BCUT2D eigenvalue weighted by Gasteiger charge is -2.36. The molecule has 1 aromatic rings. The number of benzene rings is 1. The van der Waals surface area contributed by atoms with Gasteiger partial charge in [0.1, 0.15) is 11.7 Å². The van der Waals surface area contributed by atoms with Crippen molar-refractivity contribution in [2.75, 3.05) is 14.2 Å². The molecule has 0 unspecified atom stereocenters. The average Bonchev–Trinajstić information content (AvgIpc) is 2.58. The third-order valence-corrected chi connectivity index (χ3v) is 4.78. The maximum absolute atomic E-state index is 12.3. The highest BCUT2D eigenvalue weighted by molar-refractivity contribution is 5.93. The molecular formula is C19H28O5. The van der Waals surface area contributed by atoms with E-state index in [4.69, 9.17) is 19.2 Å². The Hall–Kier alpha value is -1.75. The van der Waals surface area contributed by atoms with Crippen molar-refractivity contribution < 1.29 is 24.0 Å². The molecule has 0 radical (unpaired) electrons. The Morgan fingerprint density at radius 1 is 1.04 bits per heavy atom. The first-order valence-electron chi connectivity index (χ1n) is 8.45. The maximum Gasteiger partial charge on any atom is 0.376 e. The highest BCUT2D eigenvalue weighted by atomic mass is 17.2. The molecule has 0 aromatic heterocycles. The van der Waals surface area contributed by atoms with Crippen molar-refractivity contribution >= 4 is 5.97 Å². The predicted octanol–water partition coefficient (Wildman–Crippen LogP) is 4.40. The zero-order valence-electron chi connectivity index (χ0n) is 15.3. The highest BCUT2D eigenvalue weighted by Crippen LogP contribution is 2.38. The second-order valence-electron chi connectivity index (χ2n) is 7.35. The van der Waals surface area contributed by atoms with E-state index in [0.717, 1.165) is 25.7 Å². The molecule has 0 aliphatic heterocycles. The summed E-state index contributed by atoms with van der Waals surface area (Å²) in [6, 6.07) is 5.07. The van der Waals surface area contributed by atoms with Crippen molar-refractivity contribution in [3.05, 3.63) is 23.8 Å². The smallest absolute Gasteiger partial charge is 0.376 e. The van der Waals surface area contributed by atoms with Gasteiger partial charge in [-0.1, -0.05) is 26.8 Å². The number of ether oxygens (including phenoxy) is 2. The third kappa shape index (κ3) is 4.41. The highest BCUT2D eigenvalue weighted by Gasteiger charge is 2.31. The lowest BCUT2D eigenvalue weighted by Crippen LogP contribution is -2.29. The van der Waals surface area contributed by atoms with E-state index < -0.39 is 5.97 Å². The Bertz CT molecular complexity index is 553. The first kappa shape index (κ1) is 18.6. The SMILES string of the molecule is COc1cccc(C(=O)OOC2CCC(C(C)(C)C)CC2)c1OC. The van der Waals surface area contributed by atoms with E-state index in [2.05, 4.69) is 20.8 Å². The lowest BCUT2D eigenvalue weighted by molar-refractivity contribution is -0.281. The van der Waals surface area contributed by atoms with Gasteiger partial charge < -0.3 is 9.47 Å².